The summed E-state index contributed by atoms with van der Waals surface area (Å²) in [7, 11) is 0. The first-order chi connectivity index (χ1) is 8.06. The molecule has 0 amide bonds. The molecule has 4 nitrogen and oxygen atoms in total. The number of nitro groups is 1. The molecule has 92 valence electrons. The predicted molar refractivity (Wildman–Crippen MR) is 68.8 cm³/mol. The number of hydrogen-bond donors (Lipinski definition) is 1. The summed E-state index contributed by atoms with van der Waals surface area (Å²) in [5.74, 6) is 1.37. The largest absolute Gasteiger partial charge is 0.493 e. The van der Waals surface area contributed by atoms with Gasteiger partial charge in [-0.05, 0) is 37.7 Å². The zero-order chi connectivity index (χ0) is 12.5. The summed E-state index contributed by atoms with van der Waals surface area (Å²) in [5.41, 5.74) is 0.957. The van der Waals surface area contributed by atoms with Gasteiger partial charge >= 0.3 is 0 Å². The molecular weight excluding hydrogens is 238 g/mol. The van der Waals surface area contributed by atoms with E-state index in [9.17, 15) is 10.1 Å². The molecule has 1 aromatic rings. The molecule has 1 aromatic carbocycles. The highest BCUT2D eigenvalue weighted by molar-refractivity contribution is 7.80. The molecule has 0 unspecified atom stereocenters. The van der Waals surface area contributed by atoms with Gasteiger partial charge in [-0.15, -0.1) is 0 Å². The van der Waals surface area contributed by atoms with Gasteiger partial charge in [-0.1, -0.05) is 0 Å². The molecule has 1 fully saturated rings. The summed E-state index contributed by atoms with van der Waals surface area (Å²) in [6.07, 6.45) is 2.26. The number of aryl methyl sites for hydroxylation is 1. The Hall–Kier alpha value is -1.23. The van der Waals surface area contributed by atoms with Crippen molar-refractivity contribution in [3.63, 3.8) is 0 Å². The lowest BCUT2D eigenvalue weighted by molar-refractivity contribution is -0.385. The van der Waals surface area contributed by atoms with Crippen molar-refractivity contribution in [1.29, 1.82) is 0 Å². The minimum absolute atomic E-state index is 0.109. The number of nitro benzene ring substituents is 1. The van der Waals surface area contributed by atoms with Gasteiger partial charge in [0.15, 0.2) is 0 Å². The number of ether oxygens (including phenoxy) is 1. The molecule has 2 rings (SSSR count). The minimum Gasteiger partial charge on any atom is -0.493 e. The molecule has 1 saturated carbocycles. The Bertz CT molecular complexity index is 443. The van der Waals surface area contributed by atoms with E-state index in [1.807, 2.05) is 0 Å². The molecule has 0 bridgehead atoms. The van der Waals surface area contributed by atoms with Crippen LogP contribution in [0.1, 0.15) is 18.4 Å². The molecule has 0 saturated heterocycles. The zero-order valence-electron chi connectivity index (χ0n) is 9.68. The molecule has 0 aromatic heterocycles. The van der Waals surface area contributed by atoms with Gasteiger partial charge in [-0.2, -0.15) is 12.6 Å². The van der Waals surface area contributed by atoms with Gasteiger partial charge in [0.05, 0.1) is 17.6 Å². The van der Waals surface area contributed by atoms with Crippen molar-refractivity contribution in [1.82, 2.24) is 0 Å². The number of rotatable bonds is 5. The molecule has 1 aliphatic rings. The second-order valence-electron chi connectivity index (χ2n) is 4.65. The second kappa shape index (κ2) is 4.56. The summed E-state index contributed by atoms with van der Waals surface area (Å²) in [5, 5.41) is 10.8. The highest BCUT2D eigenvalue weighted by Gasteiger charge is 2.42. The first kappa shape index (κ1) is 12.2. The van der Waals surface area contributed by atoms with Crippen molar-refractivity contribution >= 4 is 18.3 Å². The van der Waals surface area contributed by atoms with E-state index in [2.05, 4.69) is 12.6 Å². The lowest BCUT2D eigenvalue weighted by atomic mass is 10.1. The normalized spacial score (nSPS) is 16.6. The van der Waals surface area contributed by atoms with E-state index in [1.54, 1.807) is 19.1 Å². The molecular formula is C12H15NO3S. The minimum atomic E-state index is -0.381. The fourth-order valence-electron chi connectivity index (χ4n) is 1.64. The lowest BCUT2D eigenvalue weighted by Crippen LogP contribution is -2.14. The van der Waals surface area contributed by atoms with E-state index in [0.29, 0.717) is 17.9 Å². The predicted octanol–water partition coefficient (Wildman–Crippen LogP) is 2.99. The third-order valence-electron chi connectivity index (χ3n) is 3.21. The topological polar surface area (TPSA) is 52.4 Å². The molecule has 0 radical (unpaired) electrons. The molecule has 17 heavy (non-hydrogen) atoms. The van der Waals surface area contributed by atoms with E-state index in [4.69, 9.17) is 4.74 Å². The summed E-state index contributed by atoms with van der Waals surface area (Å²) >= 11 is 4.29. The van der Waals surface area contributed by atoms with Gasteiger partial charge in [-0.25, -0.2) is 0 Å². The van der Waals surface area contributed by atoms with Gasteiger partial charge in [0.2, 0.25) is 0 Å². The van der Waals surface area contributed by atoms with Crippen LogP contribution in [-0.4, -0.2) is 17.3 Å². The Morgan fingerprint density at radius 3 is 2.76 bits per heavy atom. The fraction of sp³-hybridized carbons (Fsp3) is 0.500. The van der Waals surface area contributed by atoms with Crippen LogP contribution >= 0.6 is 12.6 Å². The Morgan fingerprint density at radius 2 is 2.24 bits per heavy atom. The maximum absolute atomic E-state index is 10.8. The smallest absolute Gasteiger partial charge is 0.275 e. The Morgan fingerprint density at radius 1 is 1.53 bits per heavy atom. The van der Waals surface area contributed by atoms with Crippen LogP contribution in [0.25, 0.3) is 0 Å². The van der Waals surface area contributed by atoms with Crippen molar-refractivity contribution < 1.29 is 9.66 Å². The van der Waals surface area contributed by atoms with Crippen molar-refractivity contribution in [3.8, 4) is 5.75 Å². The van der Waals surface area contributed by atoms with E-state index < -0.39 is 0 Å². The van der Waals surface area contributed by atoms with Gasteiger partial charge in [0, 0.05) is 11.0 Å². The average Bonchev–Trinajstić information content (AvgIpc) is 3.08. The summed E-state index contributed by atoms with van der Waals surface area (Å²) in [6, 6.07) is 4.98. The quantitative estimate of drug-likeness (QED) is 0.498. The van der Waals surface area contributed by atoms with Crippen molar-refractivity contribution in [2.24, 2.45) is 5.41 Å². The standard InChI is InChI=1S/C12H15NO3S/c1-9-2-3-10(6-11(9)13(14)15)16-7-12(8-17)4-5-12/h2-3,6,17H,4-5,7-8H2,1H3. The number of benzene rings is 1. The van der Waals surface area contributed by atoms with Crippen LogP contribution in [0.15, 0.2) is 18.2 Å². The summed E-state index contributed by atoms with van der Waals surface area (Å²) < 4.78 is 5.62. The molecule has 5 heteroatoms. The zero-order valence-corrected chi connectivity index (χ0v) is 10.6. The van der Waals surface area contributed by atoms with Gasteiger partial charge < -0.3 is 4.74 Å². The maximum atomic E-state index is 10.8. The molecule has 0 heterocycles. The highest BCUT2D eigenvalue weighted by Crippen LogP contribution is 2.46. The van der Waals surface area contributed by atoms with Gasteiger partial charge in [0.1, 0.15) is 5.75 Å². The number of thiol groups is 1. The molecule has 0 aliphatic heterocycles. The van der Waals surface area contributed by atoms with Crippen LogP contribution in [0.5, 0.6) is 5.75 Å². The second-order valence-corrected chi connectivity index (χ2v) is 4.97. The van der Waals surface area contributed by atoms with Crippen LogP contribution in [0.4, 0.5) is 5.69 Å². The van der Waals surface area contributed by atoms with Crippen LogP contribution in [-0.2, 0) is 0 Å². The monoisotopic (exact) mass is 253 g/mol. The van der Waals surface area contributed by atoms with Crippen LogP contribution in [0.2, 0.25) is 0 Å². The first-order valence-electron chi connectivity index (χ1n) is 5.55. The summed E-state index contributed by atoms with van der Waals surface area (Å²) in [4.78, 5) is 10.4. The van der Waals surface area contributed by atoms with Crippen LogP contribution in [0, 0.1) is 22.5 Å². The van der Waals surface area contributed by atoms with Gasteiger partial charge in [-0.3, -0.25) is 10.1 Å². The SMILES string of the molecule is Cc1ccc(OCC2(CS)CC2)cc1[N+](=O)[O-]. The van der Waals surface area contributed by atoms with Crippen molar-refractivity contribution in [3.05, 3.63) is 33.9 Å². The fourth-order valence-corrected chi connectivity index (χ4v) is 2.04. The Balaban J connectivity index is 2.06. The third kappa shape index (κ3) is 2.72. The lowest BCUT2D eigenvalue weighted by Gasteiger charge is -2.13. The van der Waals surface area contributed by atoms with E-state index in [0.717, 1.165) is 18.6 Å². The molecule has 1 aliphatic carbocycles. The van der Waals surface area contributed by atoms with Crippen LogP contribution in [0.3, 0.4) is 0 Å². The summed E-state index contributed by atoms with van der Waals surface area (Å²) in [6.45, 7) is 2.31. The van der Waals surface area contributed by atoms with E-state index in [1.165, 1.54) is 6.07 Å². The first-order valence-corrected chi connectivity index (χ1v) is 6.18. The average molecular weight is 253 g/mol. The van der Waals surface area contributed by atoms with Crippen LogP contribution < -0.4 is 4.74 Å². The molecule has 0 atom stereocenters. The third-order valence-corrected chi connectivity index (χ3v) is 3.89. The maximum Gasteiger partial charge on any atom is 0.275 e. The van der Waals surface area contributed by atoms with Crippen molar-refractivity contribution in [2.45, 2.75) is 19.8 Å². The van der Waals surface area contributed by atoms with E-state index >= 15 is 0 Å². The number of hydrogen-bond acceptors (Lipinski definition) is 4. The Labute approximate surface area is 106 Å². The van der Waals surface area contributed by atoms with E-state index in [-0.39, 0.29) is 16.0 Å². The number of nitrogens with zero attached hydrogens (tertiary/aromatic N) is 1. The molecule has 0 N–H and O–H groups in total. The van der Waals surface area contributed by atoms with Gasteiger partial charge in [0.25, 0.3) is 5.69 Å². The molecule has 0 spiro atoms. The highest BCUT2D eigenvalue weighted by atomic mass is 32.1. The van der Waals surface area contributed by atoms with Crippen molar-refractivity contribution in [2.75, 3.05) is 12.4 Å². The Kier molecular flexibility index (Phi) is 3.28.